The molecule has 15 heteroatoms. The average molecular weight is 742 g/mol. The molecule has 0 aliphatic carbocycles. The number of benzene rings is 2. The first-order chi connectivity index (χ1) is 21.5. The lowest BCUT2D eigenvalue weighted by atomic mass is 10.0. The normalized spacial score (nSPS) is 14.5. The zero-order valence-corrected chi connectivity index (χ0v) is 32.2. The number of ether oxygens (including phenoxy) is 1. The molecular formula is C32H48ClF3NO7PSSi. The van der Waals surface area contributed by atoms with Gasteiger partial charge in [-0.25, -0.2) is 9.36 Å². The number of nitrogens with one attached hydrogen (secondary N) is 1. The van der Waals surface area contributed by atoms with Crippen LogP contribution in [0, 0.1) is 0 Å². The first-order valence-electron chi connectivity index (χ1n) is 15.2. The Morgan fingerprint density at radius 2 is 1.62 bits per heavy atom. The predicted octanol–water partition coefficient (Wildman–Crippen LogP) is 10.5. The molecular weight excluding hydrogens is 694 g/mol. The number of hydrogen-bond donors (Lipinski definition) is 1. The van der Waals surface area contributed by atoms with Crippen LogP contribution in [0.2, 0.25) is 23.2 Å². The highest BCUT2D eigenvalue weighted by Gasteiger charge is 2.41. The highest BCUT2D eigenvalue weighted by atomic mass is 35.5. The van der Waals surface area contributed by atoms with Crippen molar-refractivity contribution in [3.63, 3.8) is 0 Å². The van der Waals surface area contributed by atoms with E-state index in [1.165, 1.54) is 32.0 Å². The van der Waals surface area contributed by atoms with E-state index in [2.05, 4.69) is 39.2 Å². The van der Waals surface area contributed by atoms with Crippen molar-refractivity contribution in [2.24, 2.45) is 0 Å². The Morgan fingerprint density at radius 1 is 1.00 bits per heavy atom. The number of carbonyl (C=O) groups is 1. The van der Waals surface area contributed by atoms with Gasteiger partial charge in [-0.2, -0.15) is 13.2 Å². The third kappa shape index (κ3) is 13.7. The first kappa shape index (κ1) is 41.6. The van der Waals surface area contributed by atoms with Gasteiger partial charge in [0.25, 0.3) is 0 Å². The molecule has 1 amide bonds. The summed E-state index contributed by atoms with van der Waals surface area (Å²) in [5, 5.41) is 3.20. The van der Waals surface area contributed by atoms with Gasteiger partial charge < -0.3 is 14.5 Å². The van der Waals surface area contributed by atoms with E-state index in [4.69, 9.17) is 34.3 Å². The topological polar surface area (TPSA) is 92.3 Å². The standard InChI is InChI=1S/C32H48ClF3NO7PSSi/c1-30(2,3)43-29(38)37-27(28(44-45(39,40-7)41-8)21-42-47(9,10)31(4,5)6)16-11-13-22-17-18-25(20-26(22)33)46-24-15-12-14-23(19-24)32(34,35)36/h12,14-15,17-20,27-28H,11,13,16,21H2,1-10H3,(H,37,38). The molecule has 0 saturated heterocycles. The molecule has 0 aromatic heterocycles. The Labute approximate surface area is 287 Å². The van der Waals surface area contributed by atoms with Crippen LogP contribution in [0.25, 0.3) is 0 Å². The minimum absolute atomic E-state index is 0.00980. The second-order valence-electron chi connectivity index (χ2n) is 13.6. The molecule has 0 spiro atoms. The number of phosphoric ester groups is 1. The molecule has 2 rings (SSSR count). The number of hydrogen-bond acceptors (Lipinski definition) is 8. The molecule has 0 heterocycles. The molecule has 0 aliphatic rings. The van der Waals surface area contributed by atoms with E-state index in [1.54, 1.807) is 39.0 Å². The second-order valence-corrected chi connectivity index (χ2v) is 21.8. The van der Waals surface area contributed by atoms with Crippen molar-refractivity contribution in [1.29, 1.82) is 0 Å². The summed E-state index contributed by atoms with van der Waals surface area (Å²) < 4.78 is 80.6. The number of alkyl halides is 3. The van der Waals surface area contributed by atoms with Gasteiger partial charge in [-0.3, -0.25) is 13.6 Å². The summed E-state index contributed by atoms with van der Waals surface area (Å²) >= 11 is 7.79. The van der Waals surface area contributed by atoms with Crippen LogP contribution in [-0.4, -0.2) is 53.0 Å². The van der Waals surface area contributed by atoms with Gasteiger partial charge in [0.2, 0.25) is 0 Å². The molecule has 2 unspecified atom stereocenters. The van der Waals surface area contributed by atoms with E-state index < -0.39 is 51.7 Å². The van der Waals surface area contributed by atoms with Crippen molar-refractivity contribution in [1.82, 2.24) is 5.32 Å². The van der Waals surface area contributed by atoms with Crippen LogP contribution >= 0.6 is 31.2 Å². The quantitative estimate of drug-likeness (QED) is 0.142. The number of halogens is 4. The fraction of sp³-hybridized carbons (Fsp3) is 0.594. The smallest absolute Gasteiger partial charge is 0.444 e. The molecule has 2 atom stereocenters. The molecule has 2 aromatic rings. The second kappa shape index (κ2) is 16.9. The third-order valence-corrected chi connectivity index (χ3v) is 14.9. The maximum Gasteiger partial charge on any atom is 0.474 e. The van der Waals surface area contributed by atoms with Gasteiger partial charge >= 0.3 is 20.1 Å². The van der Waals surface area contributed by atoms with Crippen molar-refractivity contribution in [2.45, 2.75) is 113 Å². The van der Waals surface area contributed by atoms with Gasteiger partial charge in [-0.15, -0.1) is 0 Å². The lowest BCUT2D eigenvalue weighted by Gasteiger charge is -2.38. The molecule has 0 radical (unpaired) electrons. The average Bonchev–Trinajstić information content (AvgIpc) is 2.94. The number of aryl methyl sites for hydroxylation is 1. The fourth-order valence-corrected chi connectivity index (χ4v) is 7.17. The van der Waals surface area contributed by atoms with E-state index in [0.29, 0.717) is 34.1 Å². The zero-order valence-electron chi connectivity index (χ0n) is 28.7. The highest BCUT2D eigenvalue weighted by molar-refractivity contribution is 7.99. The van der Waals surface area contributed by atoms with Crippen LogP contribution < -0.4 is 5.32 Å². The molecule has 8 nitrogen and oxygen atoms in total. The number of carbonyl (C=O) groups excluding carboxylic acids is 1. The van der Waals surface area contributed by atoms with Gasteiger partial charge in [-0.1, -0.05) is 56.3 Å². The minimum Gasteiger partial charge on any atom is -0.444 e. The van der Waals surface area contributed by atoms with E-state index >= 15 is 0 Å². The van der Waals surface area contributed by atoms with Crippen LogP contribution in [0.15, 0.2) is 52.3 Å². The summed E-state index contributed by atoms with van der Waals surface area (Å²) in [5.74, 6) is 0. The fourth-order valence-electron chi connectivity index (χ4n) is 4.04. The van der Waals surface area contributed by atoms with Crippen LogP contribution in [0.5, 0.6) is 0 Å². The maximum absolute atomic E-state index is 13.2. The van der Waals surface area contributed by atoms with Crippen molar-refractivity contribution >= 4 is 45.6 Å². The van der Waals surface area contributed by atoms with Crippen LogP contribution in [0.1, 0.15) is 65.5 Å². The molecule has 47 heavy (non-hydrogen) atoms. The summed E-state index contributed by atoms with van der Waals surface area (Å²) in [5.41, 5.74) is -0.673. The molecule has 0 fully saturated rings. The minimum atomic E-state index is -4.43. The van der Waals surface area contributed by atoms with Gasteiger partial charge in [0.05, 0.1) is 18.2 Å². The van der Waals surface area contributed by atoms with E-state index in [-0.39, 0.29) is 11.6 Å². The third-order valence-electron chi connectivity index (χ3n) is 7.66. The van der Waals surface area contributed by atoms with Crippen molar-refractivity contribution in [2.75, 3.05) is 20.8 Å². The molecule has 0 bridgehead atoms. The number of phosphoric acid groups is 1. The van der Waals surface area contributed by atoms with Crippen LogP contribution in [0.3, 0.4) is 0 Å². The maximum atomic E-state index is 13.2. The summed E-state index contributed by atoms with van der Waals surface area (Å²) in [4.78, 5) is 14.1. The van der Waals surface area contributed by atoms with Crippen molar-refractivity contribution < 1.29 is 45.3 Å². The van der Waals surface area contributed by atoms with Crippen molar-refractivity contribution in [3.05, 3.63) is 58.6 Å². The molecule has 0 saturated carbocycles. The highest BCUT2D eigenvalue weighted by Crippen LogP contribution is 2.49. The van der Waals surface area contributed by atoms with E-state index in [9.17, 15) is 22.5 Å². The molecule has 266 valence electrons. The Bertz CT molecular complexity index is 1380. The summed E-state index contributed by atoms with van der Waals surface area (Å²) in [6.07, 6.45) is -4.66. The lowest BCUT2D eigenvalue weighted by Crippen LogP contribution is -2.50. The van der Waals surface area contributed by atoms with Gasteiger partial charge in [0, 0.05) is 29.0 Å². The largest absolute Gasteiger partial charge is 0.474 e. The van der Waals surface area contributed by atoms with Crippen LogP contribution in [0.4, 0.5) is 18.0 Å². The monoisotopic (exact) mass is 741 g/mol. The number of amides is 1. The van der Waals surface area contributed by atoms with Gasteiger partial charge in [0.1, 0.15) is 11.7 Å². The zero-order chi connectivity index (χ0) is 35.8. The van der Waals surface area contributed by atoms with Gasteiger partial charge in [0.15, 0.2) is 8.32 Å². The SMILES string of the molecule is COP(=O)(OC)OC(CO[Si](C)(C)C(C)(C)C)C(CCCc1ccc(Sc2cccc(C(F)(F)F)c2)cc1Cl)NC(=O)OC(C)(C)C. The number of rotatable bonds is 15. The Morgan fingerprint density at radius 3 is 2.15 bits per heavy atom. The summed E-state index contributed by atoms with van der Waals surface area (Å²) in [6.45, 7) is 15.7. The van der Waals surface area contributed by atoms with E-state index in [1.807, 2.05) is 6.07 Å². The Balaban J connectivity index is 2.28. The van der Waals surface area contributed by atoms with E-state index in [0.717, 1.165) is 17.7 Å². The van der Waals surface area contributed by atoms with Gasteiger partial charge in [-0.05, 0) is 94.1 Å². The Kier molecular flexibility index (Phi) is 15.0. The summed E-state index contributed by atoms with van der Waals surface area (Å²) in [6, 6.07) is 9.73. The molecule has 0 aliphatic heterocycles. The Hall–Kier alpha value is -1.57. The molecule has 1 N–H and O–H groups in total. The molecule has 2 aromatic carbocycles. The predicted molar refractivity (Wildman–Crippen MR) is 183 cm³/mol. The van der Waals surface area contributed by atoms with Crippen molar-refractivity contribution in [3.8, 4) is 0 Å². The first-order valence-corrected chi connectivity index (χ1v) is 20.7. The number of alkyl carbamates (subject to hydrolysis) is 1. The summed E-state index contributed by atoms with van der Waals surface area (Å²) in [7, 11) is -3.86. The lowest BCUT2D eigenvalue weighted by molar-refractivity contribution is -0.137. The van der Waals surface area contributed by atoms with Crippen LogP contribution in [-0.2, 0) is 39.9 Å².